The lowest BCUT2D eigenvalue weighted by atomic mass is 9.96. The van der Waals surface area contributed by atoms with Crippen molar-refractivity contribution >= 4 is 5.78 Å². The van der Waals surface area contributed by atoms with Gasteiger partial charge in [0.15, 0.2) is 5.78 Å². The van der Waals surface area contributed by atoms with Gasteiger partial charge in [-0.05, 0) is 23.6 Å². The molecule has 1 aliphatic heterocycles. The molecule has 1 aromatic rings. The van der Waals surface area contributed by atoms with Crippen LogP contribution in [0.1, 0.15) is 34.8 Å². The molecule has 1 atom stereocenters. The highest BCUT2D eigenvalue weighted by atomic mass is 16.6. The molecule has 2 rings (SSSR count). The third-order valence-corrected chi connectivity index (χ3v) is 3.04. The number of rotatable bonds is 6. The summed E-state index contributed by atoms with van der Waals surface area (Å²) in [4.78, 5) is 11.4. The Kier molecular flexibility index (Phi) is 3.92. The van der Waals surface area contributed by atoms with Crippen LogP contribution in [0.15, 0.2) is 18.2 Å². The minimum atomic E-state index is -0.420. The summed E-state index contributed by atoms with van der Waals surface area (Å²) in [5.74, 6) is -0.212. The van der Waals surface area contributed by atoms with Gasteiger partial charge in [0.2, 0.25) is 0 Å². The molecule has 1 saturated heterocycles. The van der Waals surface area contributed by atoms with Crippen molar-refractivity contribution in [3.05, 3.63) is 34.9 Å². The largest absolute Gasteiger partial charge is 0.388 e. The van der Waals surface area contributed by atoms with E-state index in [0.717, 1.165) is 25.9 Å². The van der Waals surface area contributed by atoms with E-state index in [1.54, 1.807) is 6.07 Å². The van der Waals surface area contributed by atoms with E-state index in [1.165, 1.54) is 11.1 Å². The molecular formula is C14H18O3. The Hall–Kier alpha value is -1.19. The Morgan fingerprint density at radius 2 is 2.24 bits per heavy atom. The molecule has 3 heteroatoms. The van der Waals surface area contributed by atoms with Gasteiger partial charge in [-0.15, -0.1) is 0 Å². The van der Waals surface area contributed by atoms with Crippen LogP contribution in [-0.4, -0.2) is 30.2 Å². The van der Waals surface area contributed by atoms with Crippen LogP contribution >= 0.6 is 0 Å². The van der Waals surface area contributed by atoms with Gasteiger partial charge < -0.3 is 9.84 Å². The maximum atomic E-state index is 11.4. The van der Waals surface area contributed by atoms with Crippen LogP contribution in [0, 0.1) is 0 Å². The summed E-state index contributed by atoms with van der Waals surface area (Å²) in [7, 11) is 0. The molecule has 0 radical (unpaired) electrons. The monoisotopic (exact) mass is 234 g/mol. The molecule has 0 aromatic heterocycles. The van der Waals surface area contributed by atoms with Crippen LogP contribution in [-0.2, 0) is 17.6 Å². The van der Waals surface area contributed by atoms with Crippen molar-refractivity contribution in [2.24, 2.45) is 0 Å². The number of carbonyl (C=O) groups is 1. The van der Waals surface area contributed by atoms with E-state index in [-0.39, 0.29) is 5.78 Å². The van der Waals surface area contributed by atoms with Gasteiger partial charge in [-0.1, -0.05) is 25.5 Å². The number of Topliss-reactive ketones (excluding diaryl/α,β-unsaturated/α-hetero) is 1. The SMILES string of the molecule is CCCc1cc(C(=O)CO)ccc1CC1CO1. The first-order chi connectivity index (χ1) is 8.24. The van der Waals surface area contributed by atoms with Gasteiger partial charge in [-0.3, -0.25) is 4.79 Å². The molecule has 92 valence electrons. The number of aryl methyl sites for hydroxylation is 1. The molecule has 17 heavy (non-hydrogen) atoms. The lowest BCUT2D eigenvalue weighted by Gasteiger charge is -2.09. The van der Waals surface area contributed by atoms with Crippen LogP contribution < -0.4 is 0 Å². The highest BCUT2D eigenvalue weighted by Gasteiger charge is 2.23. The second-order valence-electron chi connectivity index (χ2n) is 4.47. The zero-order valence-electron chi connectivity index (χ0n) is 10.1. The van der Waals surface area contributed by atoms with Gasteiger partial charge in [0.25, 0.3) is 0 Å². The maximum absolute atomic E-state index is 11.4. The Morgan fingerprint density at radius 1 is 1.47 bits per heavy atom. The molecule has 1 aliphatic rings. The Labute approximate surface area is 101 Å². The van der Waals surface area contributed by atoms with Gasteiger partial charge in [0.05, 0.1) is 12.7 Å². The first-order valence-electron chi connectivity index (χ1n) is 6.12. The van der Waals surface area contributed by atoms with Crippen LogP contribution in [0.3, 0.4) is 0 Å². The molecule has 0 amide bonds. The van der Waals surface area contributed by atoms with E-state index in [4.69, 9.17) is 9.84 Å². The van der Waals surface area contributed by atoms with Crippen molar-refractivity contribution in [3.63, 3.8) is 0 Å². The fraction of sp³-hybridized carbons (Fsp3) is 0.500. The molecule has 0 bridgehead atoms. The zero-order chi connectivity index (χ0) is 12.3. The molecule has 1 fully saturated rings. The van der Waals surface area contributed by atoms with Crippen molar-refractivity contribution in [3.8, 4) is 0 Å². The van der Waals surface area contributed by atoms with E-state index in [9.17, 15) is 4.79 Å². The number of ether oxygens (including phenoxy) is 1. The summed E-state index contributed by atoms with van der Waals surface area (Å²) in [6.07, 6.45) is 3.32. The third-order valence-electron chi connectivity index (χ3n) is 3.04. The van der Waals surface area contributed by atoms with E-state index in [2.05, 4.69) is 6.92 Å². The molecular weight excluding hydrogens is 216 g/mol. The average molecular weight is 234 g/mol. The van der Waals surface area contributed by atoms with Crippen molar-refractivity contribution < 1.29 is 14.6 Å². The molecule has 3 nitrogen and oxygen atoms in total. The van der Waals surface area contributed by atoms with Gasteiger partial charge in [0, 0.05) is 12.0 Å². The molecule has 1 N–H and O–H groups in total. The van der Waals surface area contributed by atoms with Crippen molar-refractivity contribution in [1.29, 1.82) is 0 Å². The minimum absolute atomic E-state index is 0.212. The normalized spacial score (nSPS) is 18.1. The lowest BCUT2D eigenvalue weighted by molar-refractivity contribution is 0.0903. The number of benzene rings is 1. The van der Waals surface area contributed by atoms with E-state index >= 15 is 0 Å². The van der Waals surface area contributed by atoms with Gasteiger partial charge >= 0.3 is 0 Å². The van der Waals surface area contributed by atoms with Gasteiger partial charge in [-0.2, -0.15) is 0 Å². The van der Waals surface area contributed by atoms with E-state index < -0.39 is 6.61 Å². The fourth-order valence-electron chi connectivity index (χ4n) is 2.02. The lowest BCUT2D eigenvalue weighted by Crippen LogP contribution is -2.07. The minimum Gasteiger partial charge on any atom is -0.388 e. The van der Waals surface area contributed by atoms with Crippen LogP contribution in [0.25, 0.3) is 0 Å². The summed E-state index contributed by atoms with van der Waals surface area (Å²) in [6.45, 7) is 2.55. The average Bonchev–Trinajstić information content (AvgIpc) is 3.14. The fourth-order valence-corrected chi connectivity index (χ4v) is 2.02. The summed E-state index contributed by atoms with van der Waals surface area (Å²) < 4.78 is 5.24. The van der Waals surface area contributed by atoms with Gasteiger partial charge in [0.1, 0.15) is 6.61 Å². The number of aliphatic hydroxyl groups excluding tert-OH is 1. The number of carbonyl (C=O) groups excluding carboxylic acids is 1. The number of aliphatic hydroxyl groups is 1. The Morgan fingerprint density at radius 3 is 2.82 bits per heavy atom. The number of ketones is 1. The van der Waals surface area contributed by atoms with Crippen LogP contribution in [0.5, 0.6) is 0 Å². The molecule has 0 spiro atoms. The highest BCUT2D eigenvalue weighted by Crippen LogP contribution is 2.21. The molecule has 0 aliphatic carbocycles. The standard InChI is InChI=1S/C14H18O3/c1-2-3-10-6-12(14(16)8-15)5-4-11(10)7-13-9-17-13/h4-6,13,15H,2-3,7-9H2,1H3. The number of hydrogen-bond acceptors (Lipinski definition) is 3. The predicted octanol–water partition coefficient (Wildman–Crippen LogP) is 1.76. The molecule has 1 heterocycles. The molecule has 1 aromatic carbocycles. The second-order valence-corrected chi connectivity index (χ2v) is 4.47. The third kappa shape index (κ3) is 3.14. The van der Waals surface area contributed by atoms with E-state index in [0.29, 0.717) is 11.7 Å². The van der Waals surface area contributed by atoms with E-state index in [1.807, 2.05) is 12.1 Å². The second kappa shape index (κ2) is 5.43. The molecule has 1 unspecified atom stereocenters. The summed E-state index contributed by atoms with van der Waals surface area (Å²) in [5.41, 5.74) is 3.09. The van der Waals surface area contributed by atoms with Crippen LogP contribution in [0.2, 0.25) is 0 Å². The Balaban J connectivity index is 2.22. The predicted molar refractivity (Wildman–Crippen MR) is 65.3 cm³/mol. The van der Waals surface area contributed by atoms with Crippen molar-refractivity contribution in [2.45, 2.75) is 32.3 Å². The first-order valence-corrected chi connectivity index (χ1v) is 6.12. The summed E-state index contributed by atoms with van der Waals surface area (Å²) in [6, 6.07) is 5.71. The summed E-state index contributed by atoms with van der Waals surface area (Å²) in [5, 5.41) is 8.86. The molecule has 0 saturated carbocycles. The van der Waals surface area contributed by atoms with Crippen LogP contribution in [0.4, 0.5) is 0 Å². The number of hydrogen-bond donors (Lipinski definition) is 1. The topological polar surface area (TPSA) is 49.8 Å². The first kappa shape index (κ1) is 12.3. The maximum Gasteiger partial charge on any atom is 0.188 e. The smallest absolute Gasteiger partial charge is 0.188 e. The van der Waals surface area contributed by atoms with Crippen molar-refractivity contribution in [2.75, 3.05) is 13.2 Å². The quantitative estimate of drug-likeness (QED) is 0.602. The highest BCUT2D eigenvalue weighted by molar-refractivity contribution is 5.97. The number of epoxide rings is 1. The van der Waals surface area contributed by atoms with Crippen molar-refractivity contribution in [1.82, 2.24) is 0 Å². The summed E-state index contributed by atoms with van der Waals surface area (Å²) >= 11 is 0. The van der Waals surface area contributed by atoms with Gasteiger partial charge in [-0.25, -0.2) is 0 Å². The Bertz CT molecular complexity index is 408. The zero-order valence-corrected chi connectivity index (χ0v) is 10.1.